The number of rotatable bonds is 3. The number of anilines is 1. The molecule has 0 amide bonds. The van der Waals surface area contributed by atoms with E-state index in [2.05, 4.69) is 15.5 Å². The quantitative estimate of drug-likeness (QED) is 0.657. The normalized spacial score (nSPS) is 17.2. The molecule has 1 aromatic heterocycles. The number of nitrogens with zero attached hydrogens (tertiary/aromatic N) is 1. The lowest BCUT2D eigenvalue weighted by Crippen LogP contribution is -2.02. The predicted octanol–water partition coefficient (Wildman–Crippen LogP) is 1.23. The average Bonchev–Trinajstić information content (AvgIpc) is 2.63. The van der Waals surface area contributed by atoms with E-state index in [1.54, 1.807) is 6.20 Å². The summed E-state index contributed by atoms with van der Waals surface area (Å²) in [7, 11) is 0. The molecule has 10 heavy (non-hydrogen) atoms. The van der Waals surface area contributed by atoms with Crippen molar-refractivity contribution in [1.82, 2.24) is 10.2 Å². The van der Waals surface area contributed by atoms with Crippen LogP contribution in [0.4, 0.5) is 5.82 Å². The molecule has 1 aliphatic carbocycles. The van der Waals surface area contributed by atoms with Crippen LogP contribution in [0, 0.1) is 5.92 Å². The maximum atomic E-state index is 3.83. The van der Waals surface area contributed by atoms with E-state index in [0.29, 0.717) is 0 Å². The van der Waals surface area contributed by atoms with Gasteiger partial charge in [-0.25, -0.2) is 0 Å². The number of hydrogen-bond donors (Lipinski definition) is 2. The summed E-state index contributed by atoms with van der Waals surface area (Å²) in [4.78, 5) is 0. The average molecular weight is 137 g/mol. The topological polar surface area (TPSA) is 40.7 Å². The Kier molecular flexibility index (Phi) is 1.34. The second kappa shape index (κ2) is 2.33. The van der Waals surface area contributed by atoms with E-state index in [9.17, 15) is 0 Å². The van der Waals surface area contributed by atoms with Gasteiger partial charge in [-0.2, -0.15) is 5.10 Å². The molecule has 0 aliphatic heterocycles. The molecule has 3 heteroatoms. The molecule has 0 bridgehead atoms. The molecule has 0 spiro atoms. The first-order valence-corrected chi connectivity index (χ1v) is 3.68. The third-order valence-corrected chi connectivity index (χ3v) is 1.78. The van der Waals surface area contributed by atoms with Crippen LogP contribution in [0.25, 0.3) is 0 Å². The van der Waals surface area contributed by atoms with Gasteiger partial charge in [-0.1, -0.05) is 0 Å². The van der Waals surface area contributed by atoms with Gasteiger partial charge in [0.05, 0.1) is 6.20 Å². The second-order valence-corrected chi connectivity index (χ2v) is 2.79. The maximum Gasteiger partial charge on any atom is 0.121 e. The highest BCUT2D eigenvalue weighted by Crippen LogP contribution is 2.28. The minimum absolute atomic E-state index is 0.920. The number of aromatic nitrogens is 2. The van der Waals surface area contributed by atoms with Gasteiger partial charge in [0.15, 0.2) is 0 Å². The Labute approximate surface area is 59.8 Å². The highest BCUT2D eigenvalue weighted by atomic mass is 15.2. The van der Waals surface area contributed by atoms with Crippen molar-refractivity contribution < 1.29 is 0 Å². The minimum Gasteiger partial charge on any atom is -0.370 e. The Morgan fingerprint density at radius 3 is 3.20 bits per heavy atom. The van der Waals surface area contributed by atoms with Crippen LogP contribution in [0.2, 0.25) is 0 Å². The van der Waals surface area contributed by atoms with Crippen molar-refractivity contribution in [2.45, 2.75) is 12.8 Å². The van der Waals surface area contributed by atoms with Gasteiger partial charge in [-0.05, 0) is 24.8 Å². The summed E-state index contributed by atoms with van der Waals surface area (Å²) in [5, 5.41) is 9.96. The number of hydrogen-bond acceptors (Lipinski definition) is 2. The van der Waals surface area contributed by atoms with Gasteiger partial charge < -0.3 is 5.32 Å². The molecular weight excluding hydrogens is 126 g/mol. The molecule has 1 aliphatic rings. The Balaban J connectivity index is 1.79. The van der Waals surface area contributed by atoms with Crippen LogP contribution in [0.3, 0.4) is 0 Å². The lowest BCUT2D eigenvalue weighted by atomic mass is 10.4. The van der Waals surface area contributed by atoms with Crippen LogP contribution in [0.5, 0.6) is 0 Å². The Morgan fingerprint density at radius 1 is 1.70 bits per heavy atom. The number of H-pyrrole nitrogens is 1. The largest absolute Gasteiger partial charge is 0.370 e. The Hall–Kier alpha value is -0.990. The zero-order chi connectivity index (χ0) is 6.81. The Morgan fingerprint density at radius 2 is 2.60 bits per heavy atom. The van der Waals surface area contributed by atoms with Crippen molar-refractivity contribution >= 4 is 5.82 Å². The van der Waals surface area contributed by atoms with Gasteiger partial charge >= 0.3 is 0 Å². The monoisotopic (exact) mass is 137 g/mol. The van der Waals surface area contributed by atoms with E-state index in [4.69, 9.17) is 0 Å². The third kappa shape index (κ3) is 1.29. The van der Waals surface area contributed by atoms with Crippen molar-refractivity contribution in [2.24, 2.45) is 5.92 Å². The van der Waals surface area contributed by atoms with Crippen molar-refractivity contribution in [1.29, 1.82) is 0 Å². The van der Waals surface area contributed by atoms with E-state index in [1.807, 2.05) is 6.07 Å². The first kappa shape index (κ1) is 5.77. The molecule has 54 valence electrons. The SMILES string of the molecule is c1cc(NCC2CC2)[nH]n1. The summed E-state index contributed by atoms with van der Waals surface area (Å²) in [6.45, 7) is 1.10. The van der Waals surface area contributed by atoms with Gasteiger partial charge in [0.1, 0.15) is 5.82 Å². The highest BCUT2D eigenvalue weighted by molar-refractivity contribution is 5.31. The fourth-order valence-electron chi connectivity index (χ4n) is 0.931. The van der Waals surface area contributed by atoms with Gasteiger partial charge in [-0.3, -0.25) is 5.10 Å². The van der Waals surface area contributed by atoms with Crippen LogP contribution < -0.4 is 5.32 Å². The summed E-state index contributed by atoms with van der Waals surface area (Å²) in [5.74, 6) is 1.95. The molecule has 0 saturated heterocycles. The molecule has 0 atom stereocenters. The molecule has 1 heterocycles. The van der Waals surface area contributed by atoms with Crippen LogP contribution in [0.1, 0.15) is 12.8 Å². The zero-order valence-electron chi connectivity index (χ0n) is 5.80. The second-order valence-electron chi connectivity index (χ2n) is 2.79. The molecule has 1 aromatic rings. The molecule has 0 radical (unpaired) electrons. The van der Waals surface area contributed by atoms with E-state index in [-0.39, 0.29) is 0 Å². The number of nitrogens with one attached hydrogen (secondary N) is 2. The van der Waals surface area contributed by atoms with Crippen molar-refractivity contribution in [2.75, 3.05) is 11.9 Å². The fourth-order valence-corrected chi connectivity index (χ4v) is 0.931. The van der Waals surface area contributed by atoms with Gasteiger partial charge in [0.25, 0.3) is 0 Å². The van der Waals surface area contributed by atoms with Gasteiger partial charge in [0.2, 0.25) is 0 Å². The first-order chi connectivity index (χ1) is 4.95. The van der Waals surface area contributed by atoms with E-state index in [0.717, 1.165) is 18.3 Å². The molecule has 0 aromatic carbocycles. The molecule has 1 saturated carbocycles. The summed E-state index contributed by atoms with van der Waals surface area (Å²) in [6.07, 6.45) is 4.54. The fraction of sp³-hybridized carbons (Fsp3) is 0.571. The van der Waals surface area contributed by atoms with Crippen molar-refractivity contribution in [3.63, 3.8) is 0 Å². The molecule has 1 fully saturated rings. The van der Waals surface area contributed by atoms with Crippen molar-refractivity contribution in [3.05, 3.63) is 12.3 Å². The lowest BCUT2D eigenvalue weighted by molar-refractivity contribution is 0.880. The molecular formula is C7H11N3. The van der Waals surface area contributed by atoms with E-state index in [1.165, 1.54) is 12.8 Å². The van der Waals surface area contributed by atoms with E-state index >= 15 is 0 Å². The summed E-state index contributed by atoms with van der Waals surface area (Å²) < 4.78 is 0. The van der Waals surface area contributed by atoms with E-state index < -0.39 is 0 Å². The third-order valence-electron chi connectivity index (χ3n) is 1.78. The summed E-state index contributed by atoms with van der Waals surface area (Å²) >= 11 is 0. The zero-order valence-corrected chi connectivity index (χ0v) is 5.80. The highest BCUT2D eigenvalue weighted by Gasteiger charge is 2.20. The molecule has 0 unspecified atom stereocenters. The predicted molar refractivity (Wildman–Crippen MR) is 39.8 cm³/mol. The molecule has 2 rings (SSSR count). The molecule has 3 nitrogen and oxygen atoms in total. The maximum absolute atomic E-state index is 3.83. The van der Waals surface area contributed by atoms with Crippen LogP contribution >= 0.6 is 0 Å². The number of aromatic amines is 1. The summed E-state index contributed by atoms with van der Waals surface area (Å²) in [6, 6.07) is 1.95. The minimum atomic E-state index is 0.920. The lowest BCUT2D eigenvalue weighted by Gasteiger charge is -1.98. The standard InChI is InChI=1S/C7H11N3/c1-2-6(1)5-8-7-3-4-9-10-7/h3-4,6H,1-2,5H2,(H2,8,9,10). The first-order valence-electron chi connectivity index (χ1n) is 3.68. The molecule has 2 N–H and O–H groups in total. The summed E-state index contributed by atoms with van der Waals surface area (Å²) in [5.41, 5.74) is 0. The van der Waals surface area contributed by atoms with Crippen LogP contribution in [-0.4, -0.2) is 16.7 Å². The van der Waals surface area contributed by atoms with Crippen LogP contribution in [-0.2, 0) is 0 Å². The smallest absolute Gasteiger partial charge is 0.121 e. The van der Waals surface area contributed by atoms with Gasteiger partial charge in [0, 0.05) is 6.54 Å². The van der Waals surface area contributed by atoms with Crippen molar-refractivity contribution in [3.8, 4) is 0 Å². The Bertz CT molecular complexity index is 189. The van der Waals surface area contributed by atoms with Gasteiger partial charge in [-0.15, -0.1) is 0 Å². The van der Waals surface area contributed by atoms with Crippen LogP contribution in [0.15, 0.2) is 12.3 Å².